The predicted molar refractivity (Wildman–Crippen MR) is 77.7 cm³/mol. The first kappa shape index (κ1) is 15.9. The monoisotopic (exact) mass is 285 g/mol. The first-order chi connectivity index (χ1) is 8.82. The summed E-state index contributed by atoms with van der Waals surface area (Å²) in [4.78, 5) is 4.01. The lowest BCUT2D eigenvalue weighted by Gasteiger charge is -2.24. The number of nitrogens with zero attached hydrogens (tertiary/aromatic N) is 1. The molecule has 5 nitrogen and oxygen atoms in total. The lowest BCUT2D eigenvalue weighted by molar-refractivity contribution is 0.438. The van der Waals surface area contributed by atoms with Crippen molar-refractivity contribution in [2.45, 2.75) is 51.1 Å². The van der Waals surface area contributed by atoms with Crippen LogP contribution in [0.15, 0.2) is 23.4 Å². The summed E-state index contributed by atoms with van der Waals surface area (Å²) in [5.41, 5.74) is 0.0574. The molecule has 19 heavy (non-hydrogen) atoms. The van der Waals surface area contributed by atoms with E-state index in [1.807, 2.05) is 27.7 Å². The number of aromatic nitrogens is 1. The third kappa shape index (κ3) is 4.47. The van der Waals surface area contributed by atoms with Crippen LogP contribution in [-0.2, 0) is 10.0 Å². The summed E-state index contributed by atoms with van der Waals surface area (Å²) >= 11 is 0. The Morgan fingerprint density at radius 1 is 1.32 bits per heavy atom. The van der Waals surface area contributed by atoms with Gasteiger partial charge in [0.15, 0.2) is 5.03 Å². The van der Waals surface area contributed by atoms with Crippen molar-refractivity contribution in [1.29, 1.82) is 0 Å². The highest BCUT2D eigenvalue weighted by Gasteiger charge is 2.27. The average molecular weight is 285 g/mol. The zero-order chi connectivity index (χ0) is 14.5. The van der Waals surface area contributed by atoms with E-state index in [2.05, 4.69) is 15.0 Å². The molecule has 0 atom stereocenters. The molecule has 0 radical (unpaired) electrons. The van der Waals surface area contributed by atoms with Crippen LogP contribution in [0.4, 0.5) is 5.69 Å². The Labute approximate surface area is 115 Å². The molecule has 1 aromatic rings. The molecule has 0 bridgehead atoms. The highest BCUT2D eigenvalue weighted by molar-refractivity contribution is 7.89. The quantitative estimate of drug-likeness (QED) is 0.807. The van der Waals surface area contributed by atoms with Gasteiger partial charge in [0.05, 0.1) is 5.69 Å². The highest BCUT2D eigenvalue weighted by Crippen LogP contribution is 2.20. The van der Waals surface area contributed by atoms with Crippen LogP contribution >= 0.6 is 0 Å². The van der Waals surface area contributed by atoms with Crippen molar-refractivity contribution < 1.29 is 8.42 Å². The maximum Gasteiger partial charge on any atom is 0.260 e. The van der Waals surface area contributed by atoms with E-state index >= 15 is 0 Å². The van der Waals surface area contributed by atoms with E-state index in [1.165, 1.54) is 6.20 Å². The molecule has 0 saturated carbocycles. The van der Waals surface area contributed by atoms with E-state index in [-0.39, 0.29) is 5.03 Å². The van der Waals surface area contributed by atoms with Crippen LogP contribution in [0.25, 0.3) is 0 Å². The van der Waals surface area contributed by atoms with E-state index in [4.69, 9.17) is 0 Å². The molecule has 0 aromatic carbocycles. The Morgan fingerprint density at radius 2 is 2.00 bits per heavy atom. The van der Waals surface area contributed by atoms with Gasteiger partial charge < -0.3 is 5.32 Å². The second kappa shape index (κ2) is 6.34. The van der Waals surface area contributed by atoms with Crippen LogP contribution in [0.2, 0.25) is 0 Å². The van der Waals surface area contributed by atoms with Gasteiger partial charge in [-0.15, -0.1) is 0 Å². The fraction of sp³-hybridized carbons (Fsp3) is 0.615. The number of rotatable bonds is 7. The number of hydrogen-bond acceptors (Lipinski definition) is 4. The molecule has 0 aliphatic carbocycles. The lowest BCUT2D eigenvalue weighted by Crippen LogP contribution is -2.43. The highest BCUT2D eigenvalue weighted by atomic mass is 32.2. The third-order valence-electron chi connectivity index (χ3n) is 2.89. The summed E-state index contributed by atoms with van der Waals surface area (Å²) < 4.78 is 27.4. The number of pyridine rings is 1. The molecule has 2 N–H and O–H groups in total. The molecule has 0 aliphatic rings. The van der Waals surface area contributed by atoms with Crippen LogP contribution in [0, 0.1) is 0 Å². The fourth-order valence-corrected chi connectivity index (χ4v) is 3.08. The maximum absolute atomic E-state index is 12.4. The summed E-state index contributed by atoms with van der Waals surface area (Å²) in [6.07, 6.45) is 3.11. The average Bonchev–Trinajstić information content (AvgIpc) is 2.35. The third-order valence-corrected chi connectivity index (χ3v) is 4.54. The zero-order valence-electron chi connectivity index (χ0n) is 12.0. The predicted octanol–water partition coefficient (Wildman–Crippen LogP) is 2.37. The van der Waals surface area contributed by atoms with Crippen LogP contribution < -0.4 is 10.0 Å². The standard InChI is InChI=1S/C13H23N3O2S/c1-5-9-14-11-8-7-10-15-12(11)19(17,18)16-13(3,4)6-2/h7-8,10,14,16H,5-6,9H2,1-4H3. The van der Waals surface area contributed by atoms with Crippen LogP contribution in [0.1, 0.15) is 40.5 Å². The van der Waals surface area contributed by atoms with Crippen LogP contribution in [-0.4, -0.2) is 25.5 Å². The molecular formula is C13H23N3O2S. The number of anilines is 1. The van der Waals surface area contributed by atoms with E-state index in [0.29, 0.717) is 18.7 Å². The van der Waals surface area contributed by atoms with Gasteiger partial charge in [0.1, 0.15) is 0 Å². The topological polar surface area (TPSA) is 71.1 Å². The largest absolute Gasteiger partial charge is 0.383 e. The van der Waals surface area contributed by atoms with Gasteiger partial charge in [0.2, 0.25) is 0 Å². The minimum atomic E-state index is -3.61. The normalized spacial score (nSPS) is 12.4. The molecule has 1 rings (SSSR count). The second-order valence-electron chi connectivity index (χ2n) is 5.13. The van der Waals surface area contributed by atoms with E-state index < -0.39 is 15.6 Å². The minimum Gasteiger partial charge on any atom is -0.383 e. The Hall–Kier alpha value is -1.14. The minimum absolute atomic E-state index is 0.0602. The van der Waals surface area contributed by atoms with Crippen molar-refractivity contribution in [3.63, 3.8) is 0 Å². The number of sulfonamides is 1. The molecule has 1 heterocycles. The van der Waals surface area contributed by atoms with Gasteiger partial charge in [0, 0.05) is 18.3 Å². The van der Waals surface area contributed by atoms with Gasteiger partial charge in [-0.3, -0.25) is 0 Å². The summed E-state index contributed by atoms with van der Waals surface area (Å²) in [5, 5.41) is 3.15. The van der Waals surface area contributed by atoms with Gasteiger partial charge in [-0.1, -0.05) is 13.8 Å². The first-order valence-electron chi connectivity index (χ1n) is 6.55. The van der Waals surface area contributed by atoms with Crippen LogP contribution in [0.3, 0.4) is 0 Å². The Morgan fingerprint density at radius 3 is 2.58 bits per heavy atom. The van der Waals surface area contributed by atoms with Gasteiger partial charge in [-0.05, 0) is 38.8 Å². The molecule has 0 spiro atoms. The number of hydrogen-bond donors (Lipinski definition) is 2. The van der Waals surface area contributed by atoms with Crippen LogP contribution in [0.5, 0.6) is 0 Å². The first-order valence-corrected chi connectivity index (χ1v) is 8.03. The molecular weight excluding hydrogens is 262 g/mol. The molecule has 0 amide bonds. The van der Waals surface area contributed by atoms with E-state index in [0.717, 1.165) is 6.42 Å². The lowest BCUT2D eigenvalue weighted by atomic mass is 10.0. The van der Waals surface area contributed by atoms with Gasteiger partial charge in [-0.25, -0.2) is 18.1 Å². The molecule has 0 fully saturated rings. The van der Waals surface area contributed by atoms with Crippen molar-refractivity contribution in [2.75, 3.05) is 11.9 Å². The molecule has 0 saturated heterocycles. The van der Waals surface area contributed by atoms with Crippen molar-refractivity contribution >= 4 is 15.7 Å². The Kier molecular flexibility index (Phi) is 5.31. The summed E-state index contributed by atoms with van der Waals surface area (Å²) in [6.45, 7) is 8.39. The maximum atomic E-state index is 12.4. The van der Waals surface area contributed by atoms with Gasteiger partial charge >= 0.3 is 0 Å². The van der Waals surface area contributed by atoms with E-state index in [1.54, 1.807) is 12.1 Å². The molecule has 6 heteroatoms. The molecule has 0 aliphatic heterocycles. The SMILES string of the molecule is CCCNc1cccnc1S(=O)(=O)NC(C)(C)CC. The summed E-state index contributed by atoms with van der Waals surface area (Å²) in [6, 6.07) is 3.46. The molecule has 0 unspecified atom stereocenters. The molecule has 1 aromatic heterocycles. The fourth-order valence-electron chi connectivity index (χ4n) is 1.48. The Balaban J connectivity index is 3.07. The van der Waals surface area contributed by atoms with E-state index in [9.17, 15) is 8.42 Å². The Bertz CT molecular complexity index is 512. The van der Waals surface area contributed by atoms with Crippen molar-refractivity contribution in [3.8, 4) is 0 Å². The van der Waals surface area contributed by atoms with Crippen molar-refractivity contribution in [2.24, 2.45) is 0 Å². The van der Waals surface area contributed by atoms with Crippen molar-refractivity contribution in [1.82, 2.24) is 9.71 Å². The van der Waals surface area contributed by atoms with Gasteiger partial charge in [-0.2, -0.15) is 0 Å². The van der Waals surface area contributed by atoms with Crippen molar-refractivity contribution in [3.05, 3.63) is 18.3 Å². The molecule has 108 valence electrons. The second-order valence-corrected chi connectivity index (χ2v) is 6.72. The number of nitrogens with one attached hydrogen (secondary N) is 2. The smallest absolute Gasteiger partial charge is 0.260 e. The summed E-state index contributed by atoms with van der Waals surface area (Å²) in [5.74, 6) is 0. The zero-order valence-corrected chi connectivity index (χ0v) is 12.8. The van der Waals surface area contributed by atoms with Gasteiger partial charge in [0.25, 0.3) is 10.0 Å². The summed E-state index contributed by atoms with van der Waals surface area (Å²) in [7, 11) is -3.61.